The van der Waals surface area contributed by atoms with E-state index >= 15 is 0 Å². The number of hydrogen-bond acceptors (Lipinski definition) is 6. The van der Waals surface area contributed by atoms with Gasteiger partial charge in [-0.1, -0.05) is 18.2 Å². The van der Waals surface area contributed by atoms with Gasteiger partial charge in [0.1, 0.15) is 17.9 Å². The number of aromatic nitrogens is 1. The lowest BCUT2D eigenvalue weighted by atomic mass is 10.1. The maximum atomic E-state index is 12.4. The predicted octanol–water partition coefficient (Wildman–Crippen LogP) is 3.85. The Morgan fingerprint density at radius 3 is 2.55 bits per heavy atom. The van der Waals surface area contributed by atoms with Crippen LogP contribution in [0.1, 0.15) is 32.2 Å². The van der Waals surface area contributed by atoms with E-state index in [1.807, 2.05) is 23.6 Å². The van der Waals surface area contributed by atoms with Gasteiger partial charge in [-0.3, -0.25) is 20.4 Å². The highest BCUT2D eigenvalue weighted by molar-refractivity contribution is 7.07. The Morgan fingerprint density at radius 2 is 1.83 bits per heavy atom. The predicted molar refractivity (Wildman–Crippen MR) is 109 cm³/mol. The van der Waals surface area contributed by atoms with Crippen LogP contribution in [-0.4, -0.2) is 16.8 Å². The normalized spacial score (nSPS) is 10.7. The standard InChI is InChI=1S/C21H17N3O4S/c1-13-17-4-2-3-5-18(17)28-19(13)21(26)24-23-20(25)14-6-8-16(9-7-14)27-10-15-11-29-12-22-15/h2-9,11-12H,10H2,1H3,(H,23,25)(H,24,26). The van der Waals surface area contributed by atoms with E-state index < -0.39 is 11.8 Å². The van der Waals surface area contributed by atoms with Crippen LogP contribution in [0.4, 0.5) is 0 Å². The molecule has 4 rings (SSSR count). The number of nitrogens with one attached hydrogen (secondary N) is 2. The SMILES string of the molecule is Cc1c(C(=O)NNC(=O)c2ccc(OCc3cscn3)cc2)oc2ccccc12. The van der Waals surface area contributed by atoms with Gasteiger partial charge in [0, 0.05) is 21.9 Å². The zero-order chi connectivity index (χ0) is 20.2. The molecule has 0 unspecified atom stereocenters. The minimum atomic E-state index is -0.518. The second kappa shape index (κ2) is 8.15. The summed E-state index contributed by atoms with van der Waals surface area (Å²) in [5, 5.41) is 2.77. The van der Waals surface area contributed by atoms with Crippen molar-refractivity contribution in [1.82, 2.24) is 15.8 Å². The second-order valence-corrected chi connectivity index (χ2v) is 6.97. The number of rotatable bonds is 5. The zero-order valence-corrected chi connectivity index (χ0v) is 16.3. The average molecular weight is 407 g/mol. The van der Waals surface area contributed by atoms with Crippen molar-refractivity contribution in [1.29, 1.82) is 0 Å². The molecule has 0 saturated carbocycles. The van der Waals surface area contributed by atoms with Crippen LogP contribution in [0.5, 0.6) is 5.75 Å². The molecule has 7 nitrogen and oxygen atoms in total. The molecule has 0 aliphatic carbocycles. The van der Waals surface area contributed by atoms with Crippen molar-refractivity contribution in [2.45, 2.75) is 13.5 Å². The van der Waals surface area contributed by atoms with Crippen LogP contribution in [0.3, 0.4) is 0 Å². The fourth-order valence-corrected chi connectivity index (χ4v) is 3.35. The minimum absolute atomic E-state index is 0.164. The highest BCUT2D eigenvalue weighted by atomic mass is 32.1. The fourth-order valence-electron chi connectivity index (χ4n) is 2.80. The highest BCUT2D eigenvalue weighted by Crippen LogP contribution is 2.24. The summed E-state index contributed by atoms with van der Waals surface area (Å²) < 4.78 is 11.2. The lowest BCUT2D eigenvalue weighted by Crippen LogP contribution is -2.41. The monoisotopic (exact) mass is 407 g/mol. The Hall–Kier alpha value is -3.65. The lowest BCUT2D eigenvalue weighted by molar-refractivity contribution is 0.0831. The number of nitrogens with zero attached hydrogens (tertiary/aromatic N) is 1. The first kappa shape index (κ1) is 18.7. The Labute approximate surface area is 170 Å². The third kappa shape index (κ3) is 4.12. The Balaban J connectivity index is 1.35. The van der Waals surface area contributed by atoms with Crippen LogP contribution in [0.25, 0.3) is 11.0 Å². The molecular weight excluding hydrogens is 390 g/mol. The fraction of sp³-hybridized carbons (Fsp3) is 0.0952. The molecule has 0 atom stereocenters. The first-order valence-corrected chi connectivity index (χ1v) is 9.75. The number of hydrazine groups is 1. The number of furan rings is 1. The Kier molecular flexibility index (Phi) is 5.26. The van der Waals surface area contributed by atoms with Gasteiger partial charge in [-0.15, -0.1) is 11.3 Å². The summed E-state index contributed by atoms with van der Waals surface area (Å²) in [6.45, 7) is 2.16. The molecule has 2 amide bonds. The van der Waals surface area contributed by atoms with Gasteiger partial charge in [-0.25, -0.2) is 4.98 Å². The Morgan fingerprint density at radius 1 is 1.07 bits per heavy atom. The molecule has 0 spiro atoms. The second-order valence-electron chi connectivity index (χ2n) is 6.25. The number of thiazole rings is 1. The maximum Gasteiger partial charge on any atom is 0.305 e. The van der Waals surface area contributed by atoms with Crippen molar-refractivity contribution < 1.29 is 18.7 Å². The number of amides is 2. The van der Waals surface area contributed by atoms with E-state index in [-0.39, 0.29) is 5.76 Å². The molecule has 0 bridgehead atoms. The molecule has 0 fully saturated rings. The van der Waals surface area contributed by atoms with Gasteiger partial charge in [0.25, 0.3) is 5.91 Å². The molecule has 0 radical (unpaired) electrons. The smallest absolute Gasteiger partial charge is 0.305 e. The van der Waals surface area contributed by atoms with E-state index in [1.54, 1.807) is 42.8 Å². The molecule has 8 heteroatoms. The van der Waals surface area contributed by atoms with E-state index in [2.05, 4.69) is 15.8 Å². The van der Waals surface area contributed by atoms with Gasteiger partial charge < -0.3 is 9.15 Å². The molecule has 2 heterocycles. The van der Waals surface area contributed by atoms with Crippen LogP contribution < -0.4 is 15.6 Å². The third-order valence-electron chi connectivity index (χ3n) is 4.33. The maximum absolute atomic E-state index is 12.4. The molecule has 2 aromatic carbocycles. The van der Waals surface area contributed by atoms with E-state index in [4.69, 9.17) is 9.15 Å². The van der Waals surface area contributed by atoms with E-state index in [1.165, 1.54) is 11.3 Å². The highest BCUT2D eigenvalue weighted by Gasteiger charge is 2.18. The molecule has 146 valence electrons. The van der Waals surface area contributed by atoms with E-state index in [9.17, 15) is 9.59 Å². The summed E-state index contributed by atoms with van der Waals surface area (Å²) in [6.07, 6.45) is 0. The number of aryl methyl sites for hydroxylation is 1. The molecule has 4 aromatic rings. The van der Waals surface area contributed by atoms with Gasteiger partial charge in [-0.2, -0.15) is 0 Å². The van der Waals surface area contributed by atoms with Gasteiger partial charge in [0.05, 0.1) is 11.2 Å². The van der Waals surface area contributed by atoms with Crippen molar-refractivity contribution in [3.05, 3.63) is 82.0 Å². The van der Waals surface area contributed by atoms with Crippen molar-refractivity contribution in [2.75, 3.05) is 0 Å². The summed E-state index contributed by atoms with van der Waals surface area (Å²) >= 11 is 1.50. The van der Waals surface area contributed by atoms with Crippen molar-refractivity contribution in [3.63, 3.8) is 0 Å². The zero-order valence-electron chi connectivity index (χ0n) is 15.5. The first-order valence-electron chi connectivity index (χ1n) is 8.80. The minimum Gasteiger partial charge on any atom is -0.487 e. The van der Waals surface area contributed by atoms with Crippen molar-refractivity contribution in [2.24, 2.45) is 0 Å². The number of para-hydroxylation sites is 1. The van der Waals surface area contributed by atoms with Gasteiger partial charge in [0.2, 0.25) is 0 Å². The van der Waals surface area contributed by atoms with Crippen LogP contribution >= 0.6 is 11.3 Å². The molecule has 2 aromatic heterocycles. The molecule has 0 aliphatic rings. The van der Waals surface area contributed by atoms with E-state index in [0.29, 0.717) is 29.1 Å². The number of ether oxygens (including phenoxy) is 1. The van der Waals surface area contributed by atoms with Crippen molar-refractivity contribution >= 4 is 34.1 Å². The largest absolute Gasteiger partial charge is 0.487 e. The summed E-state index contributed by atoms with van der Waals surface area (Å²) in [5.41, 5.74) is 9.09. The molecule has 0 aliphatic heterocycles. The summed E-state index contributed by atoms with van der Waals surface area (Å²) in [7, 11) is 0. The van der Waals surface area contributed by atoms with Crippen LogP contribution in [0.15, 0.2) is 63.8 Å². The van der Waals surface area contributed by atoms with Gasteiger partial charge in [-0.05, 0) is 37.3 Å². The number of fused-ring (bicyclic) bond motifs is 1. The number of carbonyl (C=O) groups excluding carboxylic acids is 2. The van der Waals surface area contributed by atoms with Crippen LogP contribution in [0, 0.1) is 6.92 Å². The summed E-state index contributed by atoms with van der Waals surface area (Å²) in [6, 6.07) is 14.0. The third-order valence-corrected chi connectivity index (χ3v) is 4.96. The van der Waals surface area contributed by atoms with Crippen LogP contribution in [0.2, 0.25) is 0 Å². The molecule has 2 N–H and O–H groups in total. The molecule has 0 saturated heterocycles. The molecule has 29 heavy (non-hydrogen) atoms. The van der Waals surface area contributed by atoms with Gasteiger partial charge in [0.15, 0.2) is 5.76 Å². The summed E-state index contributed by atoms with van der Waals surface area (Å²) in [5.74, 6) is -0.179. The quantitative estimate of drug-likeness (QED) is 0.490. The van der Waals surface area contributed by atoms with E-state index in [0.717, 1.165) is 11.1 Å². The molecular formula is C21H17N3O4S. The number of benzene rings is 2. The van der Waals surface area contributed by atoms with Gasteiger partial charge >= 0.3 is 5.91 Å². The number of hydrogen-bond donors (Lipinski definition) is 2. The number of carbonyl (C=O) groups is 2. The van der Waals surface area contributed by atoms with Crippen molar-refractivity contribution in [3.8, 4) is 5.75 Å². The Bertz CT molecular complexity index is 1150. The van der Waals surface area contributed by atoms with Crippen LogP contribution in [-0.2, 0) is 6.61 Å². The average Bonchev–Trinajstić information content (AvgIpc) is 3.39. The lowest BCUT2D eigenvalue weighted by Gasteiger charge is -2.08. The summed E-state index contributed by atoms with van der Waals surface area (Å²) in [4.78, 5) is 28.8. The first-order chi connectivity index (χ1) is 14.1. The topological polar surface area (TPSA) is 93.5 Å².